The Balaban J connectivity index is 3.28. The maximum Gasteiger partial charge on any atom is 0.289 e. The molecule has 16 heavy (non-hydrogen) atoms. The Labute approximate surface area is 94.3 Å². The first-order valence-electron chi connectivity index (χ1n) is 4.22. The molecule has 1 atom stereocenters. The molecule has 90 valence electrons. The number of aliphatic hydroxyl groups is 1. The Morgan fingerprint density at radius 3 is 2.50 bits per heavy atom. The maximum absolute atomic E-state index is 13.1. The van der Waals surface area contributed by atoms with E-state index in [1.807, 2.05) is 0 Å². The Bertz CT molecular complexity index is 401. The fraction of sp³-hybridized carbons (Fsp3) is 0.333. The number of phenols is 1. The van der Waals surface area contributed by atoms with Gasteiger partial charge in [-0.25, -0.2) is 13.2 Å². The van der Waals surface area contributed by atoms with Crippen LogP contribution in [0, 0.1) is 5.82 Å². The van der Waals surface area contributed by atoms with Crippen LogP contribution in [0.2, 0.25) is 5.02 Å². The van der Waals surface area contributed by atoms with Gasteiger partial charge in [-0.3, -0.25) is 0 Å². The second-order valence-corrected chi connectivity index (χ2v) is 3.60. The number of aliphatic hydroxyl groups excluding tert-OH is 1. The van der Waals surface area contributed by atoms with E-state index in [0.717, 1.165) is 12.1 Å². The van der Waals surface area contributed by atoms with Gasteiger partial charge in [0.1, 0.15) is 12.6 Å². The van der Waals surface area contributed by atoms with Crippen LogP contribution in [-0.4, -0.2) is 22.7 Å². The summed E-state index contributed by atoms with van der Waals surface area (Å²) in [4.78, 5) is 0. The summed E-state index contributed by atoms with van der Waals surface area (Å²) >= 11 is 5.54. The molecule has 7 heteroatoms. The fourth-order valence-electron chi connectivity index (χ4n) is 1.16. The molecular weight excluding hydrogens is 247 g/mol. The van der Waals surface area contributed by atoms with Gasteiger partial charge in [-0.05, 0) is 12.1 Å². The summed E-state index contributed by atoms with van der Waals surface area (Å²) < 4.78 is 39.1. The van der Waals surface area contributed by atoms with Gasteiger partial charge < -0.3 is 15.9 Å². The van der Waals surface area contributed by atoms with Crippen molar-refractivity contribution >= 4 is 11.6 Å². The lowest BCUT2D eigenvalue weighted by Crippen LogP contribution is -2.36. The predicted molar refractivity (Wildman–Crippen MR) is 52.0 cm³/mol. The number of nitrogens with two attached hydrogens (primary N) is 1. The number of aromatic hydroxyl groups is 1. The van der Waals surface area contributed by atoms with Crippen LogP contribution >= 0.6 is 11.6 Å². The summed E-state index contributed by atoms with van der Waals surface area (Å²) in [6, 6.07) is -0.259. The average Bonchev–Trinajstić information content (AvgIpc) is 2.24. The molecule has 0 aliphatic heterocycles. The minimum atomic E-state index is -3.70. The first-order valence-corrected chi connectivity index (χ1v) is 4.60. The molecule has 0 aromatic heterocycles. The molecule has 0 aliphatic rings. The van der Waals surface area contributed by atoms with Crippen LogP contribution in [0.4, 0.5) is 13.2 Å². The molecule has 3 nitrogen and oxygen atoms in total. The highest BCUT2D eigenvalue weighted by Crippen LogP contribution is 2.39. The standard InChI is InChI=1S/C9H9ClF3NO2/c10-4-1-2-5(11)7(16)6(4)8(14)9(12,13)3-15/h1-2,8,15-16H,3,14H2/t8-/m1/s1. The smallest absolute Gasteiger partial charge is 0.289 e. The molecule has 0 saturated carbocycles. The molecule has 0 fully saturated rings. The van der Waals surface area contributed by atoms with Crippen molar-refractivity contribution in [3.8, 4) is 5.75 Å². The number of hydrogen-bond donors (Lipinski definition) is 3. The monoisotopic (exact) mass is 255 g/mol. The minimum absolute atomic E-state index is 0.292. The molecule has 0 unspecified atom stereocenters. The van der Waals surface area contributed by atoms with Crippen LogP contribution in [0.1, 0.15) is 11.6 Å². The quantitative estimate of drug-likeness (QED) is 0.772. The second kappa shape index (κ2) is 4.48. The van der Waals surface area contributed by atoms with Gasteiger partial charge in [-0.2, -0.15) is 0 Å². The molecule has 0 saturated heterocycles. The zero-order valence-corrected chi connectivity index (χ0v) is 8.68. The fourth-order valence-corrected chi connectivity index (χ4v) is 1.43. The van der Waals surface area contributed by atoms with Crippen LogP contribution in [0.5, 0.6) is 5.75 Å². The molecular formula is C9H9ClF3NO2. The highest BCUT2D eigenvalue weighted by Gasteiger charge is 2.40. The summed E-state index contributed by atoms with van der Waals surface area (Å²) in [6.45, 7) is -1.53. The van der Waals surface area contributed by atoms with E-state index in [9.17, 15) is 18.3 Å². The first kappa shape index (κ1) is 13.1. The number of halogens is 4. The Kier molecular flexibility index (Phi) is 3.67. The Hall–Kier alpha value is -0.980. The lowest BCUT2D eigenvalue weighted by Gasteiger charge is -2.23. The first-order chi connectivity index (χ1) is 7.31. The van der Waals surface area contributed by atoms with E-state index in [4.69, 9.17) is 22.4 Å². The van der Waals surface area contributed by atoms with Gasteiger partial charge >= 0.3 is 0 Å². The highest BCUT2D eigenvalue weighted by atomic mass is 35.5. The van der Waals surface area contributed by atoms with E-state index in [2.05, 4.69) is 0 Å². The topological polar surface area (TPSA) is 66.5 Å². The van der Waals surface area contributed by atoms with Gasteiger partial charge in [0.15, 0.2) is 11.6 Å². The molecule has 0 amide bonds. The van der Waals surface area contributed by atoms with Crippen molar-refractivity contribution in [1.29, 1.82) is 0 Å². The summed E-state index contributed by atoms with van der Waals surface area (Å²) in [5.74, 6) is -5.84. The van der Waals surface area contributed by atoms with E-state index >= 15 is 0 Å². The van der Waals surface area contributed by atoms with Crippen molar-refractivity contribution < 1.29 is 23.4 Å². The second-order valence-electron chi connectivity index (χ2n) is 3.19. The molecule has 4 N–H and O–H groups in total. The van der Waals surface area contributed by atoms with Crippen LogP contribution in [-0.2, 0) is 0 Å². The predicted octanol–water partition coefficient (Wildman–Crippen LogP) is 1.81. The lowest BCUT2D eigenvalue weighted by molar-refractivity contribution is -0.0716. The molecule has 0 radical (unpaired) electrons. The van der Waals surface area contributed by atoms with Crippen molar-refractivity contribution in [2.24, 2.45) is 5.73 Å². The van der Waals surface area contributed by atoms with Crippen molar-refractivity contribution in [3.05, 3.63) is 28.5 Å². The minimum Gasteiger partial charge on any atom is -0.505 e. The molecule has 1 aromatic rings. The third-order valence-corrected chi connectivity index (χ3v) is 2.42. The molecule has 0 heterocycles. The van der Waals surface area contributed by atoms with Crippen LogP contribution in [0.15, 0.2) is 12.1 Å². The average molecular weight is 256 g/mol. The number of phenolic OH excluding ortho intramolecular Hbond substituents is 1. The Morgan fingerprint density at radius 2 is 2.00 bits per heavy atom. The van der Waals surface area contributed by atoms with Gasteiger partial charge in [0.2, 0.25) is 0 Å². The van der Waals surface area contributed by atoms with Gasteiger partial charge in [0.05, 0.1) is 0 Å². The van der Waals surface area contributed by atoms with Crippen molar-refractivity contribution in [3.63, 3.8) is 0 Å². The highest BCUT2D eigenvalue weighted by molar-refractivity contribution is 6.31. The summed E-state index contributed by atoms with van der Waals surface area (Å²) in [5.41, 5.74) is 4.51. The third-order valence-electron chi connectivity index (χ3n) is 2.09. The Morgan fingerprint density at radius 1 is 1.44 bits per heavy atom. The molecule has 1 rings (SSSR count). The normalized spacial score (nSPS) is 13.9. The van der Waals surface area contributed by atoms with Gasteiger partial charge in [0.25, 0.3) is 5.92 Å². The van der Waals surface area contributed by atoms with E-state index in [1.54, 1.807) is 0 Å². The SMILES string of the molecule is N[C@H](c1c(Cl)ccc(F)c1O)C(F)(F)CO. The molecule has 1 aromatic carbocycles. The zero-order valence-electron chi connectivity index (χ0n) is 7.92. The molecule has 0 aliphatic carbocycles. The zero-order chi connectivity index (χ0) is 12.5. The van der Waals surface area contributed by atoms with Crippen LogP contribution in [0.25, 0.3) is 0 Å². The van der Waals surface area contributed by atoms with Crippen molar-refractivity contribution in [2.45, 2.75) is 12.0 Å². The van der Waals surface area contributed by atoms with Crippen molar-refractivity contribution in [2.75, 3.05) is 6.61 Å². The van der Waals surface area contributed by atoms with Crippen molar-refractivity contribution in [1.82, 2.24) is 0 Å². The maximum atomic E-state index is 13.1. The van der Waals surface area contributed by atoms with Crippen LogP contribution < -0.4 is 5.73 Å². The van der Waals surface area contributed by atoms with E-state index < -0.39 is 35.7 Å². The van der Waals surface area contributed by atoms with E-state index in [1.165, 1.54) is 0 Å². The number of hydrogen-bond acceptors (Lipinski definition) is 3. The number of benzene rings is 1. The number of rotatable bonds is 3. The largest absolute Gasteiger partial charge is 0.505 e. The van der Waals surface area contributed by atoms with E-state index in [0.29, 0.717) is 0 Å². The molecule has 0 bridgehead atoms. The summed E-state index contributed by atoms with van der Waals surface area (Å²) in [5, 5.41) is 17.4. The van der Waals surface area contributed by atoms with Crippen LogP contribution in [0.3, 0.4) is 0 Å². The summed E-state index contributed by atoms with van der Waals surface area (Å²) in [6.07, 6.45) is 0. The van der Waals surface area contributed by atoms with Gasteiger partial charge in [-0.1, -0.05) is 11.6 Å². The third kappa shape index (κ3) is 2.23. The lowest BCUT2D eigenvalue weighted by atomic mass is 10.0. The van der Waals surface area contributed by atoms with E-state index in [-0.39, 0.29) is 5.02 Å². The van der Waals surface area contributed by atoms with Gasteiger partial charge in [0, 0.05) is 10.6 Å². The summed E-state index contributed by atoms with van der Waals surface area (Å²) in [7, 11) is 0. The number of alkyl halides is 2. The molecule has 0 spiro atoms. The van der Waals surface area contributed by atoms with Gasteiger partial charge in [-0.15, -0.1) is 0 Å².